The smallest absolute Gasteiger partial charge is 0.263 e. The molecule has 0 saturated carbocycles. The van der Waals surface area contributed by atoms with Gasteiger partial charge in [-0.1, -0.05) is 0 Å². The maximum atomic E-state index is 12.3. The molecule has 0 aliphatic heterocycles. The first-order chi connectivity index (χ1) is 9.94. The van der Waals surface area contributed by atoms with E-state index in [9.17, 15) is 8.42 Å². The van der Waals surface area contributed by atoms with E-state index in [1.165, 1.54) is 30.3 Å². The van der Waals surface area contributed by atoms with Crippen molar-refractivity contribution in [1.29, 1.82) is 0 Å². The molecular formula is C12H16Cl2N6O2S-2. The average Bonchev–Trinajstić information content (AvgIpc) is 2.46. The second-order valence-corrected chi connectivity index (χ2v) is 5.82. The zero-order valence-electron chi connectivity index (χ0n) is 12.3. The first kappa shape index (κ1) is 21.0. The zero-order chi connectivity index (χ0) is 15.5. The third-order valence-electron chi connectivity index (χ3n) is 2.64. The second kappa shape index (κ2) is 8.61. The van der Waals surface area contributed by atoms with Crippen LogP contribution in [0, 0.1) is 0 Å². The van der Waals surface area contributed by atoms with E-state index in [1.807, 2.05) is 0 Å². The minimum Gasteiger partial charge on any atom is -1.00 e. The summed E-state index contributed by atoms with van der Waals surface area (Å²) in [5.74, 6) is 0.955. The van der Waals surface area contributed by atoms with Crippen LogP contribution in [-0.4, -0.2) is 32.5 Å². The summed E-state index contributed by atoms with van der Waals surface area (Å²) in [4.78, 5) is 8.25. The van der Waals surface area contributed by atoms with Gasteiger partial charge in [0, 0.05) is 25.8 Å². The molecule has 8 nitrogen and oxygen atoms in total. The van der Waals surface area contributed by atoms with Crippen molar-refractivity contribution in [3.8, 4) is 0 Å². The van der Waals surface area contributed by atoms with E-state index in [0.29, 0.717) is 17.5 Å². The lowest BCUT2D eigenvalue weighted by Crippen LogP contribution is -3.00. The van der Waals surface area contributed by atoms with Gasteiger partial charge in [-0.15, -0.1) is 0 Å². The van der Waals surface area contributed by atoms with E-state index in [-0.39, 0.29) is 35.5 Å². The Balaban J connectivity index is 0.00000242. The van der Waals surface area contributed by atoms with Crippen LogP contribution >= 0.6 is 0 Å². The Morgan fingerprint density at radius 3 is 2.04 bits per heavy atom. The van der Waals surface area contributed by atoms with Crippen molar-refractivity contribution < 1.29 is 33.2 Å². The number of aromatic nitrogens is 2. The fourth-order valence-corrected chi connectivity index (χ4v) is 2.58. The molecule has 0 aliphatic rings. The number of nitrogen functional groups attached to an aromatic ring is 1. The highest BCUT2D eigenvalue weighted by molar-refractivity contribution is 7.92. The summed E-state index contributed by atoms with van der Waals surface area (Å²) in [5.41, 5.74) is 6.04. The second-order valence-electron chi connectivity index (χ2n) is 4.14. The molecule has 0 aliphatic carbocycles. The maximum absolute atomic E-state index is 12.3. The van der Waals surface area contributed by atoms with Crippen molar-refractivity contribution in [2.75, 3.05) is 35.2 Å². The number of hydrogen-bond acceptors (Lipinski definition) is 7. The van der Waals surface area contributed by atoms with Gasteiger partial charge in [0.05, 0.1) is 4.90 Å². The van der Waals surface area contributed by atoms with Crippen molar-refractivity contribution in [1.82, 2.24) is 9.97 Å². The largest absolute Gasteiger partial charge is 1.00 e. The standard InChI is InChI=1S/C12H16N6O2S.2ClH/c1-14-10-7-11(17-12(15-2)16-10)18-21(19,20)9-5-3-8(13)4-6-9;;/h3-7H,13H2,1-2H3,(H3,14,15,16,17,18);2*1H/p-2. The monoisotopic (exact) mass is 378 g/mol. The molecule has 0 fully saturated rings. The number of nitrogens with zero attached hydrogens (tertiary/aromatic N) is 2. The molecule has 128 valence electrons. The Morgan fingerprint density at radius 1 is 0.957 bits per heavy atom. The summed E-state index contributed by atoms with van der Waals surface area (Å²) in [6, 6.07) is 7.39. The predicted octanol–water partition coefficient (Wildman–Crippen LogP) is -5.05. The van der Waals surface area contributed by atoms with Gasteiger partial charge in [-0.3, -0.25) is 4.72 Å². The Bertz CT molecular complexity index is 717. The van der Waals surface area contributed by atoms with Gasteiger partial charge in [0.15, 0.2) is 0 Å². The minimum atomic E-state index is -3.73. The molecule has 0 amide bonds. The topological polar surface area (TPSA) is 122 Å². The summed E-state index contributed by atoms with van der Waals surface area (Å²) in [7, 11) is -0.405. The maximum Gasteiger partial charge on any atom is 0.263 e. The first-order valence-corrected chi connectivity index (χ1v) is 7.56. The molecule has 5 N–H and O–H groups in total. The van der Waals surface area contributed by atoms with Gasteiger partial charge in [-0.25, -0.2) is 8.42 Å². The SMILES string of the molecule is CNc1cc(NS(=O)(=O)c2ccc(N)cc2)nc(NC)n1.[Cl-].[Cl-]. The molecule has 0 saturated heterocycles. The molecule has 23 heavy (non-hydrogen) atoms. The van der Waals surface area contributed by atoms with Gasteiger partial charge < -0.3 is 41.2 Å². The van der Waals surface area contributed by atoms with Gasteiger partial charge in [0.25, 0.3) is 10.0 Å². The van der Waals surface area contributed by atoms with E-state index in [2.05, 4.69) is 25.3 Å². The normalized spacial score (nSPS) is 10.0. The number of nitrogens with two attached hydrogens (primary N) is 1. The number of halogens is 2. The third-order valence-corrected chi connectivity index (χ3v) is 4.01. The van der Waals surface area contributed by atoms with E-state index < -0.39 is 10.0 Å². The van der Waals surface area contributed by atoms with Crippen molar-refractivity contribution in [2.45, 2.75) is 4.90 Å². The molecule has 0 spiro atoms. The number of rotatable bonds is 5. The molecule has 0 radical (unpaired) electrons. The quantitative estimate of drug-likeness (QED) is 0.384. The van der Waals surface area contributed by atoms with E-state index >= 15 is 0 Å². The van der Waals surface area contributed by atoms with Gasteiger partial charge in [-0.05, 0) is 24.3 Å². The molecule has 0 atom stereocenters. The summed E-state index contributed by atoms with van der Waals surface area (Å²) < 4.78 is 26.9. The predicted molar refractivity (Wildman–Crippen MR) is 82.8 cm³/mol. The highest BCUT2D eigenvalue weighted by atomic mass is 35.5. The Labute approximate surface area is 147 Å². The Kier molecular flexibility index (Phi) is 7.87. The lowest BCUT2D eigenvalue weighted by Gasteiger charge is -2.10. The molecule has 11 heteroatoms. The van der Waals surface area contributed by atoms with Crippen LogP contribution in [0.25, 0.3) is 0 Å². The highest BCUT2D eigenvalue weighted by Gasteiger charge is 2.15. The third kappa shape index (κ3) is 5.31. The fraction of sp³-hybridized carbons (Fsp3) is 0.167. The molecule has 1 heterocycles. The van der Waals surface area contributed by atoms with Crippen LogP contribution in [-0.2, 0) is 10.0 Å². The Morgan fingerprint density at radius 2 is 1.52 bits per heavy atom. The van der Waals surface area contributed by atoms with Crippen LogP contribution in [0.1, 0.15) is 0 Å². The highest BCUT2D eigenvalue weighted by Crippen LogP contribution is 2.19. The number of benzene rings is 1. The van der Waals surface area contributed by atoms with Crippen LogP contribution in [0.3, 0.4) is 0 Å². The molecule has 1 aromatic carbocycles. The summed E-state index contributed by atoms with van der Waals surface area (Å²) in [6.07, 6.45) is 0. The fourth-order valence-electron chi connectivity index (χ4n) is 1.58. The molecule has 2 aromatic rings. The van der Waals surface area contributed by atoms with Gasteiger partial charge >= 0.3 is 0 Å². The molecule has 2 rings (SSSR count). The van der Waals surface area contributed by atoms with E-state index in [1.54, 1.807) is 14.1 Å². The van der Waals surface area contributed by atoms with Crippen LogP contribution in [0.4, 0.5) is 23.3 Å². The lowest BCUT2D eigenvalue weighted by atomic mass is 10.3. The van der Waals surface area contributed by atoms with Crippen LogP contribution in [0.15, 0.2) is 35.2 Å². The number of anilines is 4. The van der Waals surface area contributed by atoms with Crippen molar-refractivity contribution in [3.05, 3.63) is 30.3 Å². The van der Waals surface area contributed by atoms with Crippen LogP contribution in [0.5, 0.6) is 0 Å². The van der Waals surface area contributed by atoms with Gasteiger partial charge in [0.2, 0.25) is 5.95 Å². The number of nitrogens with one attached hydrogen (secondary N) is 3. The van der Waals surface area contributed by atoms with Crippen molar-refractivity contribution in [2.24, 2.45) is 0 Å². The molecule has 0 unspecified atom stereocenters. The molecule has 1 aromatic heterocycles. The van der Waals surface area contributed by atoms with Gasteiger partial charge in [0.1, 0.15) is 11.6 Å². The van der Waals surface area contributed by atoms with Crippen LogP contribution < -0.4 is 45.9 Å². The average molecular weight is 379 g/mol. The van der Waals surface area contributed by atoms with E-state index in [0.717, 1.165) is 0 Å². The summed E-state index contributed by atoms with van der Waals surface area (Å²) >= 11 is 0. The lowest BCUT2D eigenvalue weighted by molar-refractivity contribution is -0.001000. The zero-order valence-corrected chi connectivity index (χ0v) is 14.7. The van der Waals surface area contributed by atoms with Crippen molar-refractivity contribution in [3.63, 3.8) is 0 Å². The number of sulfonamides is 1. The van der Waals surface area contributed by atoms with Crippen LogP contribution in [0.2, 0.25) is 0 Å². The minimum absolute atomic E-state index is 0. The first-order valence-electron chi connectivity index (χ1n) is 6.07. The molecule has 0 bridgehead atoms. The van der Waals surface area contributed by atoms with Gasteiger partial charge in [-0.2, -0.15) is 9.97 Å². The Hall–Kier alpha value is -1.97. The number of hydrogen-bond donors (Lipinski definition) is 4. The molecular weight excluding hydrogens is 363 g/mol. The summed E-state index contributed by atoms with van der Waals surface area (Å²) in [5, 5.41) is 5.59. The van der Waals surface area contributed by atoms with Crippen molar-refractivity contribution >= 4 is 33.3 Å². The van der Waals surface area contributed by atoms with E-state index in [4.69, 9.17) is 5.73 Å². The summed E-state index contributed by atoms with van der Waals surface area (Å²) in [6.45, 7) is 0.